The lowest BCUT2D eigenvalue weighted by atomic mass is 9.56. The first-order valence-electron chi connectivity index (χ1n) is 16.5. The first-order chi connectivity index (χ1) is 18.1. The standard InChI is InChI=1S/C37H70O4/c1-26(2)40-30(39)37(17,24-31(3,4)5)35(14,15)23-22-34(12,13)25-36(16,33(9,10)11)29(38)41-28-20-18-27(19-21-28)32(6,7)8/h26-28H,18-25H2,1-17H3. The molecule has 2 atom stereocenters. The van der Waals surface area contributed by atoms with Gasteiger partial charge in [-0.05, 0) is 112 Å². The molecule has 0 radical (unpaired) electrons. The van der Waals surface area contributed by atoms with E-state index in [2.05, 4.69) is 104 Å². The van der Waals surface area contributed by atoms with Crippen molar-refractivity contribution >= 4 is 11.9 Å². The fraction of sp³-hybridized carbons (Fsp3) is 0.946. The molecule has 41 heavy (non-hydrogen) atoms. The Hall–Kier alpha value is -1.06. The second kappa shape index (κ2) is 12.9. The molecule has 1 saturated carbocycles. The van der Waals surface area contributed by atoms with Crippen molar-refractivity contribution in [3.8, 4) is 0 Å². The van der Waals surface area contributed by atoms with Crippen LogP contribution >= 0.6 is 0 Å². The summed E-state index contributed by atoms with van der Waals surface area (Å²) in [6.45, 7) is 37.2. The molecule has 0 amide bonds. The van der Waals surface area contributed by atoms with Gasteiger partial charge in [0.2, 0.25) is 0 Å². The van der Waals surface area contributed by atoms with Gasteiger partial charge in [-0.1, -0.05) is 90.0 Å². The van der Waals surface area contributed by atoms with Crippen molar-refractivity contribution < 1.29 is 19.1 Å². The van der Waals surface area contributed by atoms with Crippen LogP contribution in [0.15, 0.2) is 0 Å². The third kappa shape index (κ3) is 10.3. The molecular formula is C37H70O4. The summed E-state index contributed by atoms with van der Waals surface area (Å²) in [4.78, 5) is 27.5. The predicted octanol–water partition coefficient (Wildman–Crippen LogP) is 10.8. The normalized spacial score (nSPS) is 22.6. The highest BCUT2D eigenvalue weighted by atomic mass is 16.5. The van der Waals surface area contributed by atoms with E-state index in [0.717, 1.165) is 51.4 Å². The number of carbonyl (C=O) groups excluding carboxylic acids is 2. The molecule has 1 rings (SSSR count). The lowest BCUT2D eigenvalue weighted by molar-refractivity contribution is -0.173. The van der Waals surface area contributed by atoms with Gasteiger partial charge in [0.25, 0.3) is 0 Å². The quantitative estimate of drug-likeness (QED) is 0.229. The van der Waals surface area contributed by atoms with E-state index in [4.69, 9.17) is 9.47 Å². The molecule has 242 valence electrons. The molecule has 4 nitrogen and oxygen atoms in total. The Morgan fingerprint density at radius 3 is 1.54 bits per heavy atom. The average Bonchev–Trinajstić information content (AvgIpc) is 2.74. The zero-order chi connectivity index (χ0) is 32.5. The molecule has 1 aliphatic rings. The maximum Gasteiger partial charge on any atom is 0.312 e. The lowest BCUT2D eigenvalue weighted by Crippen LogP contribution is -2.48. The first kappa shape index (κ1) is 38.0. The second-order valence-electron chi connectivity index (χ2n) is 19.1. The van der Waals surface area contributed by atoms with Crippen LogP contribution in [0, 0.1) is 43.8 Å². The topological polar surface area (TPSA) is 52.6 Å². The molecule has 0 aromatic rings. The third-order valence-electron chi connectivity index (χ3n) is 10.7. The van der Waals surface area contributed by atoms with Gasteiger partial charge in [0.1, 0.15) is 6.10 Å². The molecule has 0 aromatic heterocycles. The first-order valence-corrected chi connectivity index (χ1v) is 16.5. The number of carbonyl (C=O) groups is 2. The summed E-state index contributed by atoms with van der Waals surface area (Å²) in [5, 5.41) is 0. The number of hydrogen-bond acceptors (Lipinski definition) is 4. The summed E-state index contributed by atoms with van der Waals surface area (Å²) in [5.74, 6) is 0.541. The zero-order valence-corrected chi connectivity index (χ0v) is 30.5. The van der Waals surface area contributed by atoms with Gasteiger partial charge >= 0.3 is 11.9 Å². The minimum Gasteiger partial charge on any atom is -0.463 e. The van der Waals surface area contributed by atoms with Crippen LogP contribution in [0.2, 0.25) is 0 Å². The van der Waals surface area contributed by atoms with E-state index in [1.807, 2.05) is 13.8 Å². The van der Waals surface area contributed by atoms with Gasteiger partial charge in [0.15, 0.2) is 0 Å². The predicted molar refractivity (Wildman–Crippen MR) is 174 cm³/mol. The van der Waals surface area contributed by atoms with Crippen molar-refractivity contribution in [1.82, 2.24) is 0 Å². The molecule has 0 saturated heterocycles. The van der Waals surface area contributed by atoms with Gasteiger partial charge in [-0.25, -0.2) is 0 Å². The van der Waals surface area contributed by atoms with Crippen LogP contribution in [0.3, 0.4) is 0 Å². The summed E-state index contributed by atoms with van der Waals surface area (Å²) < 4.78 is 12.1. The Labute approximate surface area is 255 Å². The largest absolute Gasteiger partial charge is 0.463 e. The summed E-state index contributed by atoms with van der Waals surface area (Å²) in [6.07, 6.45) is 7.32. The molecule has 0 aromatic carbocycles. The van der Waals surface area contributed by atoms with Gasteiger partial charge < -0.3 is 9.47 Å². The van der Waals surface area contributed by atoms with Gasteiger partial charge in [-0.15, -0.1) is 0 Å². The fourth-order valence-corrected chi connectivity index (χ4v) is 6.94. The molecule has 0 spiro atoms. The van der Waals surface area contributed by atoms with Crippen molar-refractivity contribution in [2.45, 2.75) is 181 Å². The molecule has 0 bridgehead atoms. The van der Waals surface area contributed by atoms with Crippen LogP contribution in [0.25, 0.3) is 0 Å². The van der Waals surface area contributed by atoms with Gasteiger partial charge in [0, 0.05) is 0 Å². The van der Waals surface area contributed by atoms with Crippen molar-refractivity contribution in [3.63, 3.8) is 0 Å². The average molecular weight is 579 g/mol. The minimum atomic E-state index is -0.621. The van der Waals surface area contributed by atoms with Gasteiger partial charge in [0.05, 0.1) is 16.9 Å². The Kier molecular flexibility index (Phi) is 11.9. The highest BCUT2D eigenvalue weighted by Crippen LogP contribution is 2.54. The molecular weight excluding hydrogens is 508 g/mol. The Balaban J connectivity index is 3.12. The van der Waals surface area contributed by atoms with Crippen LogP contribution in [0.1, 0.15) is 169 Å². The van der Waals surface area contributed by atoms with Gasteiger partial charge in [-0.3, -0.25) is 9.59 Å². The van der Waals surface area contributed by atoms with E-state index in [0.29, 0.717) is 11.3 Å². The second-order valence-corrected chi connectivity index (χ2v) is 19.1. The highest BCUT2D eigenvalue weighted by Gasteiger charge is 2.52. The molecule has 1 aliphatic carbocycles. The smallest absolute Gasteiger partial charge is 0.312 e. The van der Waals surface area contributed by atoms with Crippen molar-refractivity contribution in [2.24, 2.45) is 43.8 Å². The maximum absolute atomic E-state index is 14.0. The van der Waals surface area contributed by atoms with Crippen LogP contribution in [0.4, 0.5) is 0 Å². The highest BCUT2D eigenvalue weighted by molar-refractivity contribution is 5.78. The Morgan fingerprint density at radius 2 is 1.15 bits per heavy atom. The Morgan fingerprint density at radius 1 is 0.659 bits per heavy atom. The van der Waals surface area contributed by atoms with E-state index in [1.54, 1.807) is 0 Å². The van der Waals surface area contributed by atoms with E-state index in [-0.39, 0.29) is 45.8 Å². The van der Waals surface area contributed by atoms with Gasteiger partial charge in [-0.2, -0.15) is 0 Å². The van der Waals surface area contributed by atoms with E-state index in [1.165, 1.54) is 0 Å². The summed E-state index contributed by atoms with van der Waals surface area (Å²) in [5.41, 5.74) is -1.60. The Bertz CT molecular complexity index is 868. The van der Waals surface area contributed by atoms with E-state index in [9.17, 15) is 9.59 Å². The molecule has 2 unspecified atom stereocenters. The summed E-state index contributed by atoms with van der Waals surface area (Å²) >= 11 is 0. The van der Waals surface area contributed by atoms with Crippen LogP contribution in [-0.2, 0) is 19.1 Å². The molecule has 0 N–H and O–H groups in total. The van der Waals surface area contributed by atoms with Crippen LogP contribution < -0.4 is 0 Å². The van der Waals surface area contributed by atoms with E-state index < -0.39 is 10.8 Å². The zero-order valence-electron chi connectivity index (χ0n) is 30.5. The van der Waals surface area contributed by atoms with Crippen molar-refractivity contribution in [1.29, 1.82) is 0 Å². The van der Waals surface area contributed by atoms with Crippen molar-refractivity contribution in [2.75, 3.05) is 0 Å². The molecule has 4 heteroatoms. The minimum absolute atomic E-state index is 0.0158. The molecule has 0 aliphatic heterocycles. The van der Waals surface area contributed by atoms with Crippen LogP contribution in [0.5, 0.6) is 0 Å². The number of esters is 2. The summed E-state index contributed by atoms with van der Waals surface area (Å²) in [7, 11) is 0. The number of hydrogen-bond donors (Lipinski definition) is 0. The summed E-state index contributed by atoms with van der Waals surface area (Å²) in [6, 6.07) is 0. The third-order valence-corrected chi connectivity index (χ3v) is 10.7. The van der Waals surface area contributed by atoms with Crippen molar-refractivity contribution in [3.05, 3.63) is 0 Å². The lowest BCUT2D eigenvalue weighted by Gasteiger charge is -2.48. The monoisotopic (exact) mass is 579 g/mol. The maximum atomic E-state index is 14.0. The number of ether oxygens (including phenoxy) is 2. The van der Waals surface area contributed by atoms with Crippen LogP contribution in [-0.4, -0.2) is 24.1 Å². The number of rotatable bonds is 11. The fourth-order valence-electron chi connectivity index (χ4n) is 6.94. The molecule has 1 fully saturated rings. The van der Waals surface area contributed by atoms with E-state index >= 15 is 0 Å². The SMILES string of the molecule is CC(C)OC(=O)C(C)(CC(C)(C)C)C(C)(C)CCC(C)(C)CC(C)(C(=O)OC1CCC(C(C)(C)C)CC1)C(C)(C)C. The molecule has 0 heterocycles.